The summed E-state index contributed by atoms with van der Waals surface area (Å²) in [6.07, 6.45) is -12.3. The second-order valence-corrected chi connectivity index (χ2v) is 17.4. The topological polar surface area (TPSA) is 479 Å². The van der Waals surface area contributed by atoms with Crippen molar-refractivity contribution in [3.05, 3.63) is 22.7 Å². The summed E-state index contributed by atoms with van der Waals surface area (Å²) in [4.78, 5) is 68.3. The molecule has 21 N–H and O–H groups in total. The SMILES string of the molecule is CC(O)N(O)CCC/C(=N/C(O)C(CCCN(O)C(C)O)NC(O)C(N)CCCN(O)C(C)O)C(=O)NC(CO)C(=O)NC(C(=O)O)C(O)C1SC([n+]2ccc(NC(N)=O)n(C)c2=O)C(O)C1O. The van der Waals surface area contributed by atoms with Gasteiger partial charge in [0.1, 0.15) is 49.0 Å². The Labute approximate surface area is 393 Å². The number of aliphatic carboxylic acids is 1. The summed E-state index contributed by atoms with van der Waals surface area (Å²) in [6, 6.07) is -6.28. The molecule has 0 bridgehead atoms. The van der Waals surface area contributed by atoms with Crippen LogP contribution >= 0.6 is 11.8 Å². The zero-order valence-electron chi connectivity index (χ0n) is 37.9. The van der Waals surface area contributed by atoms with Gasteiger partial charge in [0.15, 0.2) is 17.6 Å². The van der Waals surface area contributed by atoms with Gasteiger partial charge in [0.2, 0.25) is 11.7 Å². The number of hydrogen-bond donors (Lipinski definition) is 19. The lowest BCUT2D eigenvalue weighted by Gasteiger charge is -2.29. The average molecular weight is 1000 g/mol. The first kappa shape index (κ1) is 60.0. The van der Waals surface area contributed by atoms with E-state index in [2.05, 4.69) is 20.9 Å². The minimum Gasteiger partial charge on any atom is -0.480 e. The van der Waals surface area contributed by atoms with E-state index in [1.54, 1.807) is 0 Å². The highest BCUT2D eigenvalue weighted by atomic mass is 32.2. The molecule has 1 aliphatic rings. The molecule has 1 aliphatic heterocycles. The Morgan fingerprint density at radius 3 is 1.94 bits per heavy atom. The molecule has 4 amide bonds. The first-order valence-corrected chi connectivity index (χ1v) is 22.3. The molecule has 1 aromatic heterocycles. The molecular formula is C37H69N12O18S+. The number of nitrogens with one attached hydrogen (secondary N) is 4. The number of amides is 4. The third-order valence-electron chi connectivity index (χ3n) is 10.7. The van der Waals surface area contributed by atoms with Crippen molar-refractivity contribution in [1.82, 2.24) is 35.7 Å². The molecule has 0 aromatic carbocycles. The van der Waals surface area contributed by atoms with Crippen molar-refractivity contribution < 1.29 is 90.4 Å². The number of urea groups is 1. The number of aliphatic hydroxyl groups is 9. The van der Waals surface area contributed by atoms with E-state index in [-0.39, 0.29) is 57.6 Å². The summed E-state index contributed by atoms with van der Waals surface area (Å²) < 4.78 is 1.89. The maximum atomic E-state index is 13.8. The summed E-state index contributed by atoms with van der Waals surface area (Å²) >= 11 is 0.574. The van der Waals surface area contributed by atoms with E-state index in [0.717, 1.165) is 15.3 Å². The predicted molar refractivity (Wildman–Crippen MR) is 235 cm³/mol. The van der Waals surface area contributed by atoms with Crippen LogP contribution in [-0.2, 0) is 21.4 Å². The Hall–Kier alpha value is -4.10. The van der Waals surface area contributed by atoms with Gasteiger partial charge >= 0.3 is 17.7 Å². The summed E-state index contributed by atoms with van der Waals surface area (Å²) in [6.45, 7) is 2.21. The molecule has 390 valence electrons. The number of rotatable bonds is 30. The number of aromatic nitrogens is 2. The quantitative estimate of drug-likeness (QED) is 0.0147. The number of carboxylic acid groups (broad SMARTS) is 1. The molecule has 0 aliphatic carbocycles. The van der Waals surface area contributed by atoms with E-state index in [4.69, 9.17) is 11.5 Å². The molecule has 30 nitrogen and oxygen atoms in total. The van der Waals surface area contributed by atoms with Crippen LogP contribution in [0.5, 0.6) is 0 Å². The van der Waals surface area contributed by atoms with E-state index in [1.807, 2.05) is 5.32 Å². The van der Waals surface area contributed by atoms with Gasteiger partial charge in [-0.25, -0.2) is 9.59 Å². The predicted octanol–water partition coefficient (Wildman–Crippen LogP) is -7.30. The summed E-state index contributed by atoms with van der Waals surface area (Å²) in [5.41, 5.74) is 9.89. The minimum absolute atomic E-state index is 0.0183. The van der Waals surface area contributed by atoms with Crippen molar-refractivity contribution in [2.45, 2.75) is 144 Å². The van der Waals surface area contributed by atoms with Crippen LogP contribution in [0.1, 0.15) is 64.7 Å². The molecule has 1 saturated heterocycles. The third-order valence-corrected chi connectivity index (χ3v) is 12.4. The Morgan fingerprint density at radius 1 is 0.882 bits per heavy atom. The molecule has 0 saturated carbocycles. The van der Waals surface area contributed by atoms with E-state index in [9.17, 15) is 90.7 Å². The Bertz CT molecular complexity index is 1870. The van der Waals surface area contributed by atoms with Gasteiger partial charge in [-0.3, -0.25) is 25.2 Å². The highest BCUT2D eigenvalue weighted by Crippen LogP contribution is 2.40. The summed E-state index contributed by atoms with van der Waals surface area (Å²) in [7, 11) is 1.26. The number of aliphatic imine (C=N–C) groups is 1. The number of carboxylic acids is 1. The molecule has 2 heterocycles. The fourth-order valence-electron chi connectivity index (χ4n) is 6.65. The van der Waals surface area contributed by atoms with Gasteiger partial charge in [-0.2, -0.15) is 29.1 Å². The van der Waals surface area contributed by atoms with Gasteiger partial charge in [-0.15, -0.1) is 11.8 Å². The molecule has 31 heteroatoms. The normalized spacial score (nSPS) is 22.2. The maximum Gasteiger partial charge on any atom is 0.500 e. The highest BCUT2D eigenvalue weighted by molar-refractivity contribution is 8.00. The largest absolute Gasteiger partial charge is 0.500 e. The number of hydroxylamine groups is 6. The number of primary amides is 1. The number of nitrogens with two attached hydrogens (primary N) is 2. The zero-order chi connectivity index (χ0) is 51.7. The lowest BCUT2D eigenvalue weighted by molar-refractivity contribution is -0.724. The third kappa shape index (κ3) is 18.0. The number of nitrogens with zero attached hydrogens (tertiary/aromatic N) is 6. The molecule has 1 fully saturated rings. The molecular weight excluding hydrogens is 933 g/mol. The fraction of sp³-hybridized carbons (Fsp3) is 0.757. The second kappa shape index (κ2) is 28.5. The van der Waals surface area contributed by atoms with Crippen LogP contribution in [0.2, 0.25) is 0 Å². The first-order valence-electron chi connectivity index (χ1n) is 21.4. The molecule has 68 heavy (non-hydrogen) atoms. The number of carbonyl (C=O) groups is 4. The lowest BCUT2D eigenvalue weighted by Crippen LogP contribution is -2.59. The lowest BCUT2D eigenvalue weighted by atomic mass is 10.00. The minimum atomic E-state index is -2.28. The Kier molecular flexibility index (Phi) is 25.2. The summed E-state index contributed by atoms with van der Waals surface area (Å²) in [5, 5.41) is 142. The van der Waals surface area contributed by atoms with Gasteiger partial charge in [0.05, 0.1) is 37.2 Å². The number of thioether (sulfide) groups is 1. The molecule has 14 unspecified atom stereocenters. The maximum absolute atomic E-state index is 13.8. The molecule has 0 radical (unpaired) electrons. The van der Waals surface area contributed by atoms with Crippen molar-refractivity contribution >= 4 is 47.1 Å². The number of anilines is 1. The van der Waals surface area contributed by atoms with Gasteiger partial charge in [-0.1, -0.05) is 0 Å². The molecule has 2 rings (SSSR count). The fourth-order valence-corrected chi connectivity index (χ4v) is 8.23. The van der Waals surface area contributed by atoms with Crippen LogP contribution in [-0.4, -0.2) is 221 Å². The monoisotopic (exact) mass is 1000 g/mol. The highest BCUT2D eigenvalue weighted by Gasteiger charge is 2.52. The van der Waals surface area contributed by atoms with E-state index >= 15 is 0 Å². The van der Waals surface area contributed by atoms with Crippen LogP contribution < -0.4 is 43.0 Å². The molecule has 1 aromatic rings. The van der Waals surface area contributed by atoms with Crippen molar-refractivity contribution in [2.75, 3.05) is 31.6 Å². The van der Waals surface area contributed by atoms with Gasteiger partial charge in [0.25, 0.3) is 5.91 Å². The number of aliphatic hydroxyl groups excluding tert-OH is 9. The van der Waals surface area contributed by atoms with Crippen LogP contribution in [0.15, 0.2) is 22.1 Å². The smallest absolute Gasteiger partial charge is 0.480 e. The van der Waals surface area contributed by atoms with Crippen LogP contribution in [0.25, 0.3) is 0 Å². The van der Waals surface area contributed by atoms with Gasteiger partial charge in [0, 0.05) is 31.7 Å². The Balaban J connectivity index is 2.38. The van der Waals surface area contributed by atoms with Gasteiger partial charge in [-0.05, 0) is 59.3 Å². The Morgan fingerprint density at radius 2 is 1.43 bits per heavy atom. The standard InChI is InChI=1S/C37H68N12O18S/c1-17(51)47(65)12-5-8-20(38)30(57)40-21(9-6-13-48(66)18(2)52)31(58)41-22(10-7-14-49(67)19(3)53)32(59)42-23(16-50)33(60)44-25(35(61)62)26(54)29-27(55)28(56)34(68-29)46-15-11-24(43-36(39)63)45(4)37(46)64/h11,15,17-21,23,25-31,34,40,50-58,65-67H,5-10,12-14,16,38H2,1-4H3,(H5,39,42,44,59,60,61,62,63)/p+1/b41-22-. The van der Waals surface area contributed by atoms with E-state index in [1.165, 1.54) is 33.9 Å². The summed E-state index contributed by atoms with van der Waals surface area (Å²) in [5.74, 6) is -4.52. The van der Waals surface area contributed by atoms with Gasteiger partial charge < -0.3 is 88.8 Å². The van der Waals surface area contributed by atoms with E-state index in [0.29, 0.717) is 27.0 Å². The van der Waals surface area contributed by atoms with E-state index < -0.39 is 132 Å². The van der Waals surface area contributed by atoms with Crippen molar-refractivity contribution in [3.63, 3.8) is 0 Å². The zero-order valence-corrected chi connectivity index (χ0v) is 38.7. The average Bonchev–Trinajstić information content (AvgIpc) is 3.56. The second-order valence-electron chi connectivity index (χ2n) is 16.1. The number of carbonyl (C=O) groups excluding carboxylic acids is 3. The van der Waals surface area contributed by atoms with Crippen LogP contribution in [0, 0.1) is 0 Å². The molecule has 0 spiro atoms. The van der Waals surface area contributed by atoms with Crippen molar-refractivity contribution in [1.29, 1.82) is 0 Å². The van der Waals surface area contributed by atoms with Crippen molar-refractivity contribution in [3.8, 4) is 0 Å². The van der Waals surface area contributed by atoms with Crippen molar-refractivity contribution in [2.24, 2.45) is 23.5 Å². The first-order chi connectivity index (χ1) is 31.7. The van der Waals surface area contributed by atoms with Crippen LogP contribution in [0.3, 0.4) is 0 Å². The van der Waals surface area contributed by atoms with Crippen LogP contribution in [0.4, 0.5) is 10.6 Å². The number of hydrogen-bond acceptors (Lipinski definition) is 24. The molecule has 14 atom stereocenters.